The summed E-state index contributed by atoms with van der Waals surface area (Å²) < 4.78 is 0. The van der Waals surface area contributed by atoms with E-state index in [0.29, 0.717) is 11.6 Å². The zero-order chi connectivity index (χ0) is 14.7. The Morgan fingerprint density at radius 2 is 2.15 bits per heavy atom. The Balaban J connectivity index is 2.08. The lowest BCUT2D eigenvalue weighted by Crippen LogP contribution is -2.41. The van der Waals surface area contributed by atoms with Gasteiger partial charge in [-0.05, 0) is 37.0 Å². The van der Waals surface area contributed by atoms with Crippen molar-refractivity contribution < 1.29 is 14.7 Å². The summed E-state index contributed by atoms with van der Waals surface area (Å²) in [5, 5.41) is 11.7. The zero-order valence-corrected chi connectivity index (χ0v) is 11.8. The number of likely N-dealkylation sites (tertiary alicyclic amines) is 1. The molecule has 5 nitrogen and oxygen atoms in total. The Hall–Kier alpha value is -2.04. The molecule has 1 aromatic rings. The lowest BCUT2D eigenvalue weighted by molar-refractivity contribution is 0.0697. The summed E-state index contributed by atoms with van der Waals surface area (Å²) in [7, 11) is 0. The Kier molecular flexibility index (Phi) is 4.27. The molecule has 1 fully saturated rings. The Bertz CT molecular complexity index is 514. The predicted octanol–water partition coefficient (Wildman–Crippen LogP) is 3.04. The van der Waals surface area contributed by atoms with Gasteiger partial charge in [0, 0.05) is 18.3 Å². The van der Waals surface area contributed by atoms with Crippen LogP contribution in [-0.4, -0.2) is 34.6 Å². The molecule has 1 aliphatic heterocycles. The van der Waals surface area contributed by atoms with Gasteiger partial charge in [0.05, 0.1) is 5.56 Å². The van der Waals surface area contributed by atoms with Crippen LogP contribution in [0.1, 0.15) is 37.0 Å². The molecular weight excluding hydrogens is 256 g/mol. The number of amides is 2. The van der Waals surface area contributed by atoms with E-state index in [0.717, 1.165) is 19.4 Å². The number of benzene rings is 1. The van der Waals surface area contributed by atoms with Crippen molar-refractivity contribution in [3.63, 3.8) is 0 Å². The number of rotatable bonds is 3. The molecule has 0 bridgehead atoms. The smallest absolute Gasteiger partial charge is 0.335 e. The van der Waals surface area contributed by atoms with Crippen LogP contribution in [0.15, 0.2) is 24.3 Å². The van der Waals surface area contributed by atoms with Gasteiger partial charge in [-0.1, -0.05) is 19.9 Å². The fraction of sp³-hybridized carbons (Fsp3) is 0.467. The highest BCUT2D eigenvalue weighted by molar-refractivity contribution is 5.93. The monoisotopic (exact) mass is 276 g/mol. The Morgan fingerprint density at radius 3 is 2.80 bits per heavy atom. The van der Waals surface area contributed by atoms with E-state index in [1.54, 1.807) is 12.1 Å². The molecule has 5 heteroatoms. The van der Waals surface area contributed by atoms with Crippen molar-refractivity contribution >= 4 is 17.7 Å². The van der Waals surface area contributed by atoms with Crippen LogP contribution < -0.4 is 5.32 Å². The third-order valence-electron chi connectivity index (χ3n) is 3.69. The fourth-order valence-electron chi connectivity index (χ4n) is 2.66. The van der Waals surface area contributed by atoms with Gasteiger partial charge in [0.25, 0.3) is 0 Å². The second kappa shape index (κ2) is 5.94. The third-order valence-corrected chi connectivity index (χ3v) is 3.69. The van der Waals surface area contributed by atoms with E-state index in [-0.39, 0.29) is 17.6 Å². The quantitative estimate of drug-likeness (QED) is 0.891. The summed E-state index contributed by atoms with van der Waals surface area (Å²) in [6.45, 7) is 4.98. The van der Waals surface area contributed by atoms with Crippen LogP contribution in [0.3, 0.4) is 0 Å². The maximum Gasteiger partial charge on any atom is 0.335 e. The number of carboxylic acid groups (broad SMARTS) is 1. The molecule has 1 heterocycles. The standard InChI is InChI=1S/C15H20N2O3/c1-10(2)13-7-4-8-17(13)15(20)16-12-6-3-5-11(9-12)14(18)19/h3,5-6,9-10,13H,4,7-8H2,1-2H3,(H,16,20)(H,18,19). The van der Waals surface area contributed by atoms with Gasteiger partial charge in [-0.3, -0.25) is 0 Å². The molecule has 108 valence electrons. The lowest BCUT2D eigenvalue weighted by Gasteiger charge is -2.27. The molecule has 0 radical (unpaired) electrons. The number of hydrogen-bond acceptors (Lipinski definition) is 2. The molecule has 2 amide bonds. The first-order valence-electron chi connectivity index (χ1n) is 6.90. The van der Waals surface area contributed by atoms with Crippen molar-refractivity contribution in [1.82, 2.24) is 4.90 Å². The van der Waals surface area contributed by atoms with Crippen LogP contribution >= 0.6 is 0 Å². The van der Waals surface area contributed by atoms with Gasteiger partial charge in [0.2, 0.25) is 0 Å². The second-order valence-corrected chi connectivity index (χ2v) is 5.46. The first-order chi connectivity index (χ1) is 9.49. The molecule has 1 unspecified atom stereocenters. The van der Waals surface area contributed by atoms with Gasteiger partial charge in [0.15, 0.2) is 0 Å². The summed E-state index contributed by atoms with van der Waals surface area (Å²) in [5.41, 5.74) is 0.689. The largest absolute Gasteiger partial charge is 0.478 e. The Labute approximate surface area is 118 Å². The van der Waals surface area contributed by atoms with Crippen molar-refractivity contribution in [2.45, 2.75) is 32.7 Å². The second-order valence-electron chi connectivity index (χ2n) is 5.46. The average molecular weight is 276 g/mol. The number of nitrogens with one attached hydrogen (secondary N) is 1. The SMILES string of the molecule is CC(C)C1CCCN1C(=O)Nc1cccc(C(=O)O)c1. The van der Waals surface area contributed by atoms with E-state index in [1.165, 1.54) is 12.1 Å². The van der Waals surface area contributed by atoms with Gasteiger partial charge in [-0.15, -0.1) is 0 Å². The van der Waals surface area contributed by atoms with Crippen LogP contribution in [-0.2, 0) is 0 Å². The summed E-state index contributed by atoms with van der Waals surface area (Å²) in [5.74, 6) is -0.573. The molecular formula is C15H20N2O3. The van der Waals surface area contributed by atoms with Gasteiger partial charge in [-0.2, -0.15) is 0 Å². The van der Waals surface area contributed by atoms with Gasteiger partial charge in [0.1, 0.15) is 0 Å². The lowest BCUT2D eigenvalue weighted by atomic mass is 10.0. The Morgan fingerprint density at radius 1 is 1.40 bits per heavy atom. The molecule has 20 heavy (non-hydrogen) atoms. The van der Waals surface area contributed by atoms with Crippen LogP contribution in [0.2, 0.25) is 0 Å². The van der Waals surface area contributed by atoms with E-state index in [4.69, 9.17) is 5.11 Å². The van der Waals surface area contributed by atoms with E-state index >= 15 is 0 Å². The maximum absolute atomic E-state index is 12.3. The number of carbonyl (C=O) groups is 2. The van der Waals surface area contributed by atoms with Crippen molar-refractivity contribution in [2.75, 3.05) is 11.9 Å². The van der Waals surface area contributed by atoms with Crippen molar-refractivity contribution in [1.29, 1.82) is 0 Å². The first kappa shape index (κ1) is 14.4. The maximum atomic E-state index is 12.3. The molecule has 0 aliphatic carbocycles. The average Bonchev–Trinajstić information content (AvgIpc) is 2.88. The van der Waals surface area contributed by atoms with E-state index < -0.39 is 5.97 Å². The number of urea groups is 1. The number of carboxylic acids is 1. The first-order valence-corrected chi connectivity index (χ1v) is 6.90. The fourth-order valence-corrected chi connectivity index (χ4v) is 2.66. The molecule has 1 aliphatic rings. The number of nitrogens with zero attached hydrogens (tertiary/aromatic N) is 1. The van der Waals surface area contributed by atoms with Crippen LogP contribution in [0.25, 0.3) is 0 Å². The van der Waals surface area contributed by atoms with E-state index in [9.17, 15) is 9.59 Å². The van der Waals surface area contributed by atoms with Crippen LogP contribution in [0.5, 0.6) is 0 Å². The van der Waals surface area contributed by atoms with Gasteiger partial charge in [-0.25, -0.2) is 9.59 Å². The highest BCUT2D eigenvalue weighted by Gasteiger charge is 2.30. The minimum atomic E-state index is -0.998. The molecule has 0 spiro atoms. The van der Waals surface area contributed by atoms with Crippen molar-refractivity contribution in [3.05, 3.63) is 29.8 Å². The summed E-state index contributed by atoms with van der Waals surface area (Å²) in [6.07, 6.45) is 2.05. The van der Waals surface area contributed by atoms with E-state index in [2.05, 4.69) is 19.2 Å². The zero-order valence-electron chi connectivity index (χ0n) is 11.8. The van der Waals surface area contributed by atoms with Gasteiger partial charge >= 0.3 is 12.0 Å². The molecule has 0 saturated carbocycles. The molecule has 1 atom stereocenters. The molecule has 1 aromatic carbocycles. The van der Waals surface area contributed by atoms with Crippen molar-refractivity contribution in [2.24, 2.45) is 5.92 Å². The van der Waals surface area contributed by atoms with E-state index in [1.807, 2.05) is 4.90 Å². The van der Waals surface area contributed by atoms with Crippen LogP contribution in [0, 0.1) is 5.92 Å². The molecule has 1 saturated heterocycles. The topological polar surface area (TPSA) is 69.6 Å². The third kappa shape index (κ3) is 3.10. The summed E-state index contributed by atoms with van der Waals surface area (Å²) >= 11 is 0. The number of aromatic carboxylic acids is 1. The summed E-state index contributed by atoms with van der Waals surface area (Å²) in [6, 6.07) is 6.42. The predicted molar refractivity (Wildman–Crippen MR) is 77.0 cm³/mol. The number of hydrogen-bond donors (Lipinski definition) is 2. The normalized spacial score (nSPS) is 18.4. The van der Waals surface area contributed by atoms with Crippen LogP contribution in [0.4, 0.5) is 10.5 Å². The van der Waals surface area contributed by atoms with Crippen molar-refractivity contribution in [3.8, 4) is 0 Å². The van der Waals surface area contributed by atoms with Gasteiger partial charge < -0.3 is 15.3 Å². The minimum absolute atomic E-state index is 0.149. The highest BCUT2D eigenvalue weighted by atomic mass is 16.4. The summed E-state index contributed by atoms with van der Waals surface area (Å²) in [4.78, 5) is 25.0. The molecule has 2 rings (SSSR count). The molecule has 2 N–H and O–H groups in total. The number of carbonyl (C=O) groups excluding carboxylic acids is 1. The minimum Gasteiger partial charge on any atom is -0.478 e. The number of anilines is 1. The molecule has 0 aromatic heterocycles. The highest BCUT2D eigenvalue weighted by Crippen LogP contribution is 2.24.